The molecule has 0 saturated heterocycles. The van der Waals surface area contributed by atoms with Crippen LogP contribution in [0.3, 0.4) is 0 Å². The summed E-state index contributed by atoms with van der Waals surface area (Å²) < 4.78 is 0. The average Bonchev–Trinajstić information content (AvgIpc) is 2.39. The molecule has 0 spiro atoms. The predicted octanol–water partition coefficient (Wildman–Crippen LogP) is 2.44. The molecule has 2 atom stereocenters. The van der Waals surface area contributed by atoms with E-state index in [2.05, 4.69) is 10.3 Å². The van der Waals surface area contributed by atoms with Crippen LogP contribution in [0.4, 0.5) is 11.4 Å². The smallest absolute Gasteiger partial charge is 0.329 e. The van der Waals surface area contributed by atoms with Crippen LogP contribution in [0.2, 0.25) is 0 Å². The van der Waals surface area contributed by atoms with Gasteiger partial charge in [-0.15, -0.1) is 0 Å². The molecule has 2 rings (SSSR count). The van der Waals surface area contributed by atoms with E-state index in [1.807, 2.05) is 6.92 Å². The summed E-state index contributed by atoms with van der Waals surface area (Å²) in [5.74, 6) is -0.691. The van der Waals surface area contributed by atoms with Crippen molar-refractivity contribution in [2.24, 2.45) is 5.92 Å². The molecule has 2 unspecified atom stereocenters. The van der Waals surface area contributed by atoms with Crippen molar-refractivity contribution in [1.82, 2.24) is 4.98 Å². The maximum Gasteiger partial charge on any atom is 0.329 e. The highest BCUT2D eigenvalue weighted by molar-refractivity contribution is 5.84. The number of nitro groups is 1. The summed E-state index contributed by atoms with van der Waals surface area (Å²) >= 11 is 0. The number of anilines is 1. The maximum atomic E-state index is 11.7. The van der Waals surface area contributed by atoms with Crippen molar-refractivity contribution in [2.45, 2.75) is 38.1 Å². The van der Waals surface area contributed by atoms with Gasteiger partial charge in [0.15, 0.2) is 0 Å². The molecule has 1 aromatic rings. The Labute approximate surface area is 116 Å². The molecule has 1 aliphatic carbocycles. The lowest BCUT2D eigenvalue weighted by atomic mass is 9.76. The lowest BCUT2D eigenvalue weighted by Crippen LogP contribution is -2.49. The minimum Gasteiger partial charge on any atom is -0.480 e. The van der Waals surface area contributed by atoms with Crippen LogP contribution in [-0.2, 0) is 4.79 Å². The molecular formula is C13H17N3O4. The van der Waals surface area contributed by atoms with Gasteiger partial charge in [0.05, 0.1) is 4.92 Å². The van der Waals surface area contributed by atoms with E-state index in [9.17, 15) is 20.0 Å². The van der Waals surface area contributed by atoms with Gasteiger partial charge in [0.2, 0.25) is 0 Å². The van der Waals surface area contributed by atoms with Crippen LogP contribution in [0.1, 0.15) is 32.6 Å². The van der Waals surface area contributed by atoms with E-state index in [0.717, 1.165) is 19.0 Å². The number of nitrogens with one attached hydrogen (secondary N) is 1. The van der Waals surface area contributed by atoms with Crippen LogP contribution in [0.15, 0.2) is 18.5 Å². The zero-order chi connectivity index (χ0) is 14.8. The predicted molar refractivity (Wildman–Crippen MR) is 72.5 cm³/mol. The highest BCUT2D eigenvalue weighted by atomic mass is 16.6. The van der Waals surface area contributed by atoms with Crippen LogP contribution < -0.4 is 5.32 Å². The molecule has 108 valence electrons. The Kier molecular flexibility index (Phi) is 3.87. The first-order chi connectivity index (χ1) is 9.44. The number of aliphatic carboxylic acids is 1. The number of aromatic nitrogens is 1. The standard InChI is InChI=1S/C13H17N3O4/c1-9-3-2-5-13(7-9,12(17)18)15-10-4-6-14-8-11(10)16(19)20/h4,6,8-9H,2-3,5,7H2,1H3,(H,14,15)(H,17,18). The second-order valence-corrected chi connectivity index (χ2v) is 5.36. The minimum atomic E-state index is -1.14. The first-order valence-corrected chi connectivity index (χ1v) is 6.54. The summed E-state index contributed by atoms with van der Waals surface area (Å²) in [6.45, 7) is 2.00. The third kappa shape index (κ3) is 2.71. The number of hydrogen-bond donors (Lipinski definition) is 2. The topological polar surface area (TPSA) is 105 Å². The molecule has 0 bridgehead atoms. The van der Waals surface area contributed by atoms with Crippen LogP contribution >= 0.6 is 0 Å². The third-order valence-electron chi connectivity index (χ3n) is 3.78. The number of rotatable bonds is 4. The lowest BCUT2D eigenvalue weighted by Gasteiger charge is -2.37. The molecule has 2 N–H and O–H groups in total. The zero-order valence-corrected chi connectivity index (χ0v) is 11.2. The van der Waals surface area contributed by atoms with E-state index in [-0.39, 0.29) is 17.3 Å². The molecule has 0 radical (unpaired) electrons. The molecule has 1 fully saturated rings. The van der Waals surface area contributed by atoms with Crippen molar-refractivity contribution in [2.75, 3.05) is 5.32 Å². The van der Waals surface area contributed by atoms with Gasteiger partial charge in [0.25, 0.3) is 0 Å². The summed E-state index contributed by atoms with van der Waals surface area (Å²) in [7, 11) is 0. The fraction of sp³-hybridized carbons (Fsp3) is 0.538. The van der Waals surface area contributed by atoms with E-state index in [1.54, 1.807) is 0 Å². The van der Waals surface area contributed by atoms with Crippen LogP contribution in [0.5, 0.6) is 0 Å². The molecule has 0 amide bonds. The number of carbonyl (C=O) groups is 1. The van der Waals surface area contributed by atoms with E-state index in [1.165, 1.54) is 12.3 Å². The van der Waals surface area contributed by atoms with E-state index in [0.29, 0.717) is 12.8 Å². The van der Waals surface area contributed by atoms with Gasteiger partial charge in [-0.05, 0) is 24.8 Å². The normalized spacial score (nSPS) is 25.9. The van der Waals surface area contributed by atoms with Crippen molar-refractivity contribution >= 4 is 17.3 Å². The molecule has 20 heavy (non-hydrogen) atoms. The Morgan fingerprint density at radius 1 is 1.65 bits per heavy atom. The SMILES string of the molecule is CC1CCCC(Nc2ccncc2[N+](=O)[O-])(C(=O)O)C1. The van der Waals surface area contributed by atoms with Crippen LogP contribution in [0, 0.1) is 16.0 Å². The van der Waals surface area contributed by atoms with Crippen molar-refractivity contribution in [1.29, 1.82) is 0 Å². The Balaban J connectivity index is 2.34. The lowest BCUT2D eigenvalue weighted by molar-refractivity contribution is -0.384. The Bertz CT molecular complexity index is 534. The number of hydrogen-bond acceptors (Lipinski definition) is 5. The second kappa shape index (κ2) is 5.44. The third-order valence-corrected chi connectivity index (χ3v) is 3.78. The summed E-state index contributed by atoms with van der Waals surface area (Å²) in [5, 5.41) is 23.4. The highest BCUT2D eigenvalue weighted by Crippen LogP contribution is 2.37. The van der Waals surface area contributed by atoms with Gasteiger partial charge in [-0.2, -0.15) is 0 Å². The van der Waals surface area contributed by atoms with Crippen molar-refractivity contribution in [3.8, 4) is 0 Å². The van der Waals surface area contributed by atoms with Crippen molar-refractivity contribution < 1.29 is 14.8 Å². The summed E-state index contributed by atoms with van der Waals surface area (Å²) in [4.78, 5) is 25.8. The van der Waals surface area contributed by atoms with Gasteiger partial charge in [-0.3, -0.25) is 15.1 Å². The Hall–Kier alpha value is -2.18. The van der Waals surface area contributed by atoms with Crippen molar-refractivity contribution in [3.05, 3.63) is 28.6 Å². The first kappa shape index (κ1) is 14.2. The largest absolute Gasteiger partial charge is 0.480 e. The van der Waals surface area contributed by atoms with Gasteiger partial charge in [-0.1, -0.05) is 19.8 Å². The number of pyridine rings is 1. The Morgan fingerprint density at radius 2 is 2.40 bits per heavy atom. The zero-order valence-electron chi connectivity index (χ0n) is 11.2. The first-order valence-electron chi connectivity index (χ1n) is 6.54. The number of nitrogens with zero attached hydrogens (tertiary/aromatic N) is 2. The maximum absolute atomic E-state index is 11.7. The number of carboxylic acid groups (broad SMARTS) is 1. The second-order valence-electron chi connectivity index (χ2n) is 5.36. The number of carboxylic acids is 1. The summed E-state index contributed by atoms with van der Waals surface area (Å²) in [6, 6.07) is 1.45. The fourth-order valence-electron chi connectivity index (χ4n) is 2.81. The highest BCUT2D eigenvalue weighted by Gasteiger charge is 2.42. The average molecular weight is 279 g/mol. The minimum absolute atomic E-state index is 0.202. The molecule has 1 saturated carbocycles. The molecule has 0 aliphatic heterocycles. The Morgan fingerprint density at radius 3 is 3.00 bits per heavy atom. The molecular weight excluding hydrogens is 262 g/mol. The van der Waals surface area contributed by atoms with E-state index < -0.39 is 16.4 Å². The van der Waals surface area contributed by atoms with Gasteiger partial charge >= 0.3 is 11.7 Å². The van der Waals surface area contributed by atoms with Crippen LogP contribution in [-0.4, -0.2) is 26.5 Å². The van der Waals surface area contributed by atoms with Crippen LogP contribution in [0.25, 0.3) is 0 Å². The molecule has 1 aromatic heterocycles. The van der Waals surface area contributed by atoms with Gasteiger partial charge in [0, 0.05) is 6.20 Å². The quantitative estimate of drug-likeness (QED) is 0.647. The van der Waals surface area contributed by atoms with E-state index in [4.69, 9.17) is 0 Å². The molecule has 7 nitrogen and oxygen atoms in total. The van der Waals surface area contributed by atoms with Gasteiger partial charge < -0.3 is 10.4 Å². The summed E-state index contributed by atoms with van der Waals surface area (Å²) in [6.07, 6.45) is 5.24. The van der Waals surface area contributed by atoms with Gasteiger partial charge in [-0.25, -0.2) is 4.79 Å². The van der Waals surface area contributed by atoms with Gasteiger partial charge in [0.1, 0.15) is 17.4 Å². The molecule has 0 aromatic carbocycles. The molecule has 7 heteroatoms. The van der Waals surface area contributed by atoms with Crippen molar-refractivity contribution in [3.63, 3.8) is 0 Å². The van der Waals surface area contributed by atoms with E-state index >= 15 is 0 Å². The monoisotopic (exact) mass is 279 g/mol. The fourth-order valence-corrected chi connectivity index (χ4v) is 2.81. The molecule has 1 aliphatic rings. The summed E-state index contributed by atoms with van der Waals surface area (Å²) in [5.41, 5.74) is -1.13. The molecule has 1 heterocycles.